The molecule has 0 saturated carbocycles. The summed E-state index contributed by atoms with van der Waals surface area (Å²) in [6, 6.07) is 6.08. The fraction of sp³-hybridized carbons (Fsp3) is 0.474. The van der Waals surface area contributed by atoms with E-state index in [2.05, 4.69) is 42.4 Å². The molecule has 1 aromatic carbocycles. The molecule has 26 heavy (non-hydrogen) atoms. The molecule has 1 N–H and O–H groups in total. The summed E-state index contributed by atoms with van der Waals surface area (Å²) >= 11 is 1.36. The van der Waals surface area contributed by atoms with E-state index in [1.807, 2.05) is 17.0 Å². The number of carbonyl (C=O) groups excluding carboxylic acids is 2. The Morgan fingerprint density at radius 3 is 2.85 bits per heavy atom. The van der Waals surface area contributed by atoms with E-state index in [0.717, 1.165) is 23.5 Å². The van der Waals surface area contributed by atoms with Gasteiger partial charge in [0.2, 0.25) is 16.9 Å². The van der Waals surface area contributed by atoms with Crippen LogP contribution in [0.15, 0.2) is 18.2 Å². The molecule has 1 saturated heterocycles. The maximum absolute atomic E-state index is 12.5. The zero-order valence-corrected chi connectivity index (χ0v) is 16.2. The summed E-state index contributed by atoms with van der Waals surface area (Å²) in [5.74, 6) is 0.0821. The van der Waals surface area contributed by atoms with E-state index < -0.39 is 0 Å². The van der Waals surface area contributed by atoms with Crippen molar-refractivity contribution >= 4 is 34.0 Å². The van der Waals surface area contributed by atoms with Gasteiger partial charge in [0, 0.05) is 31.0 Å². The van der Waals surface area contributed by atoms with Gasteiger partial charge in [-0.3, -0.25) is 9.59 Å². The molecule has 0 aliphatic carbocycles. The second-order valence-electron chi connectivity index (χ2n) is 6.77. The maximum atomic E-state index is 12.5. The zero-order valence-electron chi connectivity index (χ0n) is 15.4. The van der Waals surface area contributed by atoms with Crippen LogP contribution in [0.25, 0.3) is 0 Å². The first-order valence-corrected chi connectivity index (χ1v) is 9.80. The Kier molecular flexibility index (Phi) is 5.66. The van der Waals surface area contributed by atoms with Crippen LogP contribution in [0.1, 0.15) is 54.7 Å². The van der Waals surface area contributed by atoms with Crippen molar-refractivity contribution in [3.63, 3.8) is 0 Å². The number of aromatic nitrogens is 2. The van der Waals surface area contributed by atoms with Crippen molar-refractivity contribution in [2.75, 3.05) is 16.8 Å². The number of hydrogen-bond donors (Lipinski definition) is 1. The van der Waals surface area contributed by atoms with Gasteiger partial charge in [0.15, 0.2) is 0 Å². The third-order valence-electron chi connectivity index (χ3n) is 4.72. The monoisotopic (exact) mass is 372 g/mol. The number of carbonyl (C=O) groups is 2. The van der Waals surface area contributed by atoms with Crippen LogP contribution < -0.4 is 10.2 Å². The minimum Gasteiger partial charge on any atom is -0.312 e. The summed E-state index contributed by atoms with van der Waals surface area (Å²) in [6.45, 7) is 6.76. The lowest BCUT2D eigenvalue weighted by atomic mass is 10.1. The molecule has 1 unspecified atom stereocenters. The van der Waals surface area contributed by atoms with E-state index in [1.54, 1.807) is 0 Å². The van der Waals surface area contributed by atoms with Gasteiger partial charge >= 0.3 is 0 Å². The SMILES string of the molecule is CCCCC(=O)Nc1nnc(C2CC(=O)N(c3ccc(C)c(C)c3)C2)s1. The summed E-state index contributed by atoms with van der Waals surface area (Å²) < 4.78 is 0. The van der Waals surface area contributed by atoms with Crippen molar-refractivity contribution in [3.8, 4) is 0 Å². The first kappa shape index (κ1) is 18.5. The highest BCUT2D eigenvalue weighted by Crippen LogP contribution is 2.34. The topological polar surface area (TPSA) is 75.2 Å². The first-order valence-electron chi connectivity index (χ1n) is 8.98. The second kappa shape index (κ2) is 7.95. The molecule has 3 rings (SSSR count). The van der Waals surface area contributed by atoms with Crippen LogP contribution in [-0.2, 0) is 9.59 Å². The molecule has 1 aliphatic rings. The van der Waals surface area contributed by atoms with Crippen molar-refractivity contribution in [2.45, 2.75) is 52.4 Å². The predicted octanol–water partition coefficient (Wildman–Crippen LogP) is 3.80. The fourth-order valence-electron chi connectivity index (χ4n) is 2.99. The molecule has 1 aliphatic heterocycles. The summed E-state index contributed by atoms with van der Waals surface area (Å²) in [6.07, 6.45) is 2.76. The predicted molar refractivity (Wildman–Crippen MR) is 104 cm³/mol. The molecule has 1 atom stereocenters. The Labute approximate surface area is 157 Å². The number of unbranched alkanes of at least 4 members (excludes halogenated alkanes) is 1. The van der Waals surface area contributed by atoms with Gasteiger partial charge in [-0.05, 0) is 43.5 Å². The largest absolute Gasteiger partial charge is 0.312 e. The molecular weight excluding hydrogens is 348 g/mol. The second-order valence-corrected chi connectivity index (χ2v) is 7.78. The quantitative estimate of drug-likeness (QED) is 0.837. The number of anilines is 2. The first-order chi connectivity index (χ1) is 12.5. The van der Waals surface area contributed by atoms with Gasteiger partial charge in [-0.15, -0.1) is 10.2 Å². The Morgan fingerprint density at radius 2 is 2.12 bits per heavy atom. The zero-order chi connectivity index (χ0) is 18.7. The van der Waals surface area contributed by atoms with Gasteiger partial charge in [0.05, 0.1) is 0 Å². The highest BCUT2D eigenvalue weighted by Gasteiger charge is 2.34. The van der Waals surface area contributed by atoms with Crippen molar-refractivity contribution in [1.29, 1.82) is 0 Å². The number of nitrogens with one attached hydrogen (secondary N) is 1. The Hall–Kier alpha value is -2.28. The Balaban J connectivity index is 1.67. The van der Waals surface area contributed by atoms with E-state index in [0.29, 0.717) is 24.5 Å². The molecule has 7 heteroatoms. The molecule has 1 fully saturated rings. The molecule has 2 heterocycles. The van der Waals surface area contributed by atoms with Gasteiger partial charge in [-0.25, -0.2) is 0 Å². The lowest BCUT2D eigenvalue weighted by molar-refractivity contribution is -0.117. The summed E-state index contributed by atoms with van der Waals surface area (Å²) in [4.78, 5) is 26.1. The minimum absolute atomic E-state index is 0.0166. The van der Waals surface area contributed by atoms with Crippen molar-refractivity contribution < 1.29 is 9.59 Å². The summed E-state index contributed by atoms with van der Waals surface area (Å²) in [5, 5.41) is 12.4. The highest BCUT2D eigenvalue weighted by atomic mass is 32.1. The number of nitrogens with zero attached hydrogens (tertiary/aromatic N) is 3. The van der Waals surface area contributed by atoms with E-state index >= 15 is 0 Å². The molecule has 0 radical (unpaired) electrons. The lowest BCUT2D eigenvalue weighted by Crippen LogP contribution is -2.24. The third kappa shape index (κ3) is 4.09. The standard InChI is InChI=1S/C19H24N4O2S/c1-4-5-6-16(24)20-19-22-21-18(26-19)14-10-17(25)23(11-14)15-8-7-12(2)13(3)9-15/h7-9,14H,4-6,10-11H2,1-3H3,(H,20,22,24). The number of hydrogen-bond acceptors (Lipinski definition) is 5. The normalized spacial score (nSPS) is 17.0. The number of amides is 2. The van der Waals surface area contributed by atoms with Gasteiger partial charge in [-0.1, -0.05) is 30.7 Å². The Bertz CT molecular complexity index is 818. The van der Waals surface area contributed by atoms with Crippen LogP contribution in [0.4, 0.5) is 10.8 Å². The lowest BCUT2D eigenvalue weighted by Gasteiger charge is -2.17. The van der Waals surface area contributed by atoms with Crippen molar-refractivity contribution in [1.82, 2.24) is 10.2 Å². The van der Waals surface area contributed by atoms with Crippen LogP contribution >= 0.6 is 11.3 Å². The van der Waals surface area contributed by atoms with Gasteiger partial charge in [-0.2, -0.15) is 0 Å². The Morgan fingerprint density at radius 1 is 1.31 bits per heavy atom. The third-order valence-corrected chi connectivity index (χ3v) is 5.72. The maximum Gasteiger partial charge on any atom is 0.227 e. The average Bonchev–Trinajstić information content (AvgIpc) is 3.22. The fourth-order valence-corrected chi connectivity index (χ4v) is 3.84. The van der Waals surface area contributed by atoms with E-state index in [9.17, 15) is 9.59 Å². The van der Waals surface area contributed by atoms with Gasteiger partial charge < -0.3 is 10.2 Å². The number of aryl methyl sites for hydroxylation is 2. The molecule has 0 bridgehead atoms. The molecule has 2 amide bonds. The van der Waals surface area contributed by atoms with Crippen LogP contribution in [0.5, 0.6) is 0 Å². The molecular formula is C19H24N4O2S. The van der Waals surface area contributed by atoms with Crippen LogP contribution in [-0.4, -0.2) is 28.6 Å². The summed E-state index contributed by atoms with van der Waals surface area (Å²) in [7, 11) is 0. The smallest absolute Gasteiger partial charge is 0.227 e. The van der Waals surface area contributed by atoms with Crippen LogP contribution in [0, 0.1) is 13.8 Å². The van der Waals surface area contributed by atoms with Crippen LogP contribution in [0.3, 0.4) is 0 Å². The summed E-state index contributed by atoms with van der Waals surface area (Å²) in [5.41, 5.74) is 3.31. The molecule has 0 spiro atoms. The van der Waals surface area contributed by atoms with E-state index in [-0.39, 0.29) is 17.7 Å². The number of rotatable bonds is 6. The molecule has 6 nitrogen and oxygen atoms in total. The molecule has 2 aromatic rings. The molecule has 1 aromatic heterocycles. The average molecular weight is 372 g/mol. The van der Waals surface area contributed by atoms with Crippen molar-refractivity contribution in [2.24, 2.45) is 0 Å². The number of benzene rings is 1. The van der Waals surface area contributed by atoms with Gasteiger partial charge in [0.1, 0.15) is 5.01 Å². The highest BCUT2D eigenvalue weighted by molar-refractivity contribution is 7.15. The van der Waals surface area contributed by atoms with Gasteiger partial charge in [0.25, 0.3) is 0 Å². The minimum atomic E-state index is -0.0335. The van der Waals surface area contributed by atoms with Crippen LogP contribution in [0.2, 0.25) is 0 Å². The van der Waals surface area contributed by atoms with Crippen molar-refractivity contribution in [3.05, 3.63) is 34.3 Å². The van der Waals surface area contributed by atoms with E-state index in [4.69, 9.17) is 0 Å². The van der Waals surface area contributed by atoms with E-state index in [1.165, 1.54) is 22.5 Å². The molecule has 138 valence electrons.